The number of unbranched alkanes of at least 4 members (excludes halogenated alkanes) is 1. The minimum Gasteiger partial charge on any atom is -0.384 e. The third-order valence-corrected chi connectivity index (χ3v) is 4.04. The van der Waals surface area contributed by atoms with Crippen molar-refractivity contribution in [3.63, 3.8) is 0 Å². The van der Waals surface area contributed by atoms with Crippen LogP contribution in [0.4, 0.5) is 17.2 Å². The van der Waals surface area contributed by atoms with Gasteiger partial charge >= 0.3 is 0 Å². The molecule has 0 fully saturated rings. The predicted octanol–water partition coefficient (Wildman–Crippen LogP) is 5.15. The fourth-order valence-corrected chi connectivity index (χ4v) is 2.58. The molecule has 0 unspecified atom stereocenters. The quantitative estimate of drug-likeness (QED) is 0.239. The molecule has 3 aromatic rings. The molecule has 4 N–H and O–H groups in total. The van der Waals surface area contributed by atoms with Gasteiger partial charge in [-0.3, -0.25) is 5.41 Å². The molecule has 6 heteroatoms. The Kier molecular flexibility index (Phi) is 5.53. The number of amidine groups is 1. The van der Waals surface area contributed by atoms with E-state index < -0.39 is 0 Å². The molecule has 3 rings (SSSR count). The van der Waals surface area contributed by atoms with E-state index in [-0.39, 0.29) is 5.84 Å². The number of hydrogen-bond donors (Lipinski definition) is 3. The number of benzene rings is 2. The number of hydrogen-bond acceptors (Lipinski definition) is 5. The van der Waals surface area contributed by atoms with Gasteiger partial charge < -0.3 is 11.1 Å². The maximum Gasteiger partial charge on any atom is 0.154 e. The van der Waals surface area contributed by atoms with Gasteiger partial charge in [-0.2, -0.15) is 5.11 Å². The molecule has 2 aromatic carbocycles. The fourth-order valence-electron chi connectivity index (χ4n) is 2.58. The molecule has 6 nitrogen and oxygen atoms in total. The first-order chi connectivity index (χ1) is 12.7. The molecule has 0 spiro atoms. The first kappa shape index (κ1) is 17.5. The standard InChI is InChI=1S/C20H22N6/c1-2-3-12-23-20-18(17-7-5-4-6-15(17)13-24-20)26-25-16-10-8-14(9-11-16)19(21)22/h4-11,13H,2-3,12H2,1H3,(H3,21,22)(H,23,24). The highest BCUT2D eigenvalue weighted by Gasteiger charge is 2.08. The lowest BCUT2D eigenvalue weighted by atomic mass is 10.1. The third kappa shape index (κ3) is 4.03. The number of rotatable bonds is 7. The summed E-state index contributed by atoms with van der Waals surface area (Å²) in [4.78, 5) is 4.52. The zero-order chi connectivity index (χ0) is 18.4. The number of pyridine rings is 1. The Hall–Kier alpha value is -3.28. The Labute approximate surface area is 152 Å². The Bertz CT molecular complexity index is 931. The summed E-state index contributed by atoms with van der Waals surface area (Å²) in [5.41, 5.74) is 7.57. The van der Waals surface area contributed by atoms with E-state index in [1.54, 1.807) is 24.3 Å². The second kappa shape index (κ2) is 8.20. The first-order valence-corrected chi connectivity index (χ1v) is 8.67. The van der Waals surface area contributed by atoms with Gasteiger partial charge in [-0.1, -0.05) is 37.6 Å². The molecule has 0 saturated carbocycles. The van der Waals surface area contributed by atoms with Gasteiger partial charge in [-0.25, -0.2) is 4.98 Å². The van der Waals surface area contributed by atoms with Crippen LogP contribution in [-0.2, 0) is 0 Å². The first-order valence-electron chi connectivity index (χ1n) is 8.67. The van der Waals surface area contributed by atoms with Crippen molar-refractivity contribution in [2.75, 3.05) is 11.9 Å². The highest BCUT2D eigenvalue weighted by atomic mass is 15.1. The SMILES string of the molecule is CCCCNc1ncc2ccccc2c1N=Nc1ccc(C(=N)N)cc1. The lowest BCUT2D eigenvalue weighted by Crippen LogP contribution is -2.10. The minimum atomic E-state index is 0.0363. The lowest BCUT2D eigenvalue weighted by molar-refractivity contribution is 0.831. The van der Waals surface area contributed by atoms with Crippen LogP contribution < -0.4 is 11.1 Å². The van der Waals surface area contributed by atoms with E-state index in [1.807, 2.05) is 30.5 Å². The smallest absolute Gasteiger partial charge is 0.154 e. The summed E-state index contributed by atoms with van der Waals surface area (Å²) in [5, 5.41) is 21.7. The maximum atomic E-state index is 7.45. The van der Waals surface area contributed by atoms with Crippen molar-refractivity contribution in [3.8, 4) is 0 Å². The second-order valence-electron chi connectivity index (χ2n) is 5.98. The molecule has 0 aliphatic carbocycles. The molecule has 0 aliphatic heterocycles. The normalized spacial score (nSPS) is 11.1. The van der Waals surface area contributed by atoms with Gasteiger partial charge in [0, 0.05) is 29.1 Å². The lowest BCUT2D eigenvalue weighted by Gasteiger charge is -2.09. The predicted molar refractivity (Wildman–Crippen MR) is 107 cm³/mol. The van der Waals surface area contributed by atoms with E-state index in [9.17, 15) is 0 Å². The van der Waals surface area contributed by atoms with Crippen LogP contribution in [0.1, 0.15) is 25.3 Å². The summed E-state index contributed by atoms with van der Waals surface area (Å²) >= 11 is 0. The summed E-state index contributed by atoms with van der Waals surface area (Å²) in [7, 11) is 0. The molecular formula is C20H22N6. The van der Waals surface area contributed by atoms with Gasteiger partial charge in [-0.05, 0) is 30.7 Å². The van der Waals surface area contributed by atoms with Crippen LogP contribution in [0, 0.1) is 5.41 Å². The van der Waals surface area contributed by atoms with Crippen LogP contribution in [0.25, 0.3) is 10.8 Å². The number of aromatic nitrogens is 1. The van der Waals surface area contributed by atoms with Gasteiger partial charge in [0.1, 0.15) is 11.5 Å². The molecule has 0 aliphatic rings. The van der Waals surface area contributed by atoms with Crippen LogP contribution in [0.15, 0.2) is 65.0 Å². The van der Waals surface area contributed by atoms with Crippen molar-refractivity contribution in [2.45, 2.75) is 19.8 Å². The van der Waals surface area contributed by atoms with E-state index in [0.717, 1.165) is 41.7 Å². The zero-order valence-electron chi connectivity index (χ0n) is 14.7. The summed E-state index contributed by atoms with van der Waals surface area (Å²) < 4.78 is 0. The Morgan fingerprint density at radius 1 is 1.12 bits per heavy atom. The molecule has 132 valence electrons. The maximum absolute atomic E-state index is 7.45. The fraction of sp³-hybridized carbons (Fsp3) is 0.200. The van der Waals surface area contributed by atoms with Crippen molar-refractivity contribution >= 4 is 33.8 Å². The number of nitrogens with two attached hydrogens (primary N) is 1. The second-order valence-corrected chi connectivity index (χ2v) is 5.98. The molecular weight excluding hydrogens is 324 g/mol. The van der Waals surface area contributed by atoms with Gasteiger partial charge in [0.15, 0.2) is 5.82 Å². The van der Waals surface area contributed by atoms with E-state index in [0.29, 0.717) is 11.3 Å². The molecule has 0 saturated heterocycles. The van der Waals surface area contributed by atoms with Crippen LogP contribution in [0.3, 0.4) is 0 Å². The van der Waals surface area contributed by atoms with E-state index >= 15 is 0 Å². The molecule has 0 amide bonds. The van der Waals surface area contributed by atoms with Crippen molar-refractivity contribution in [3.05, 3.63) is 60.3 Å². The van der Waals surface area contributed by atoms with Gasteiger partial charge in [0.25, 0.3) is 0 Å². The van der Waals surface area contributed by atoms with E-state index in [4.69, 9.17) is 11.1 Å². The number of azo groups is 1. The van der Waals surface area contributed by atoms with Crippen molar-refractivity contribution < 1.29 is 0 Å². The third-order valence-electron chi connectivity index (χ3n) is 4.04. The summed E-state index contributed by atoms with van der Waals surface area (Å²) in [6.07, 6.45) is 4.03. The van der Waals surface area contributed by atoms with Gasteiger partial charge in [-0.15, -0.1) is 5.11 Å². The molecule has 0 atom stereocenters. The summed E-state index contributed by atoms with van der Waals surface area (Å²) in [5.74, 6) is 0.774. The van der Waals surface area contributed by atoms with Crippen LogP contribution >= 0.6 is 0 Å². The monoisotopic (exact) mass is 346 g/mol. The average molecular weight is 346 g/mol. The largest absolute Gasteiger partial charge is 0.384 e. The Morgan fingerprint density at radius 2 is 1.88 bits per heavy atom. The number of fused-ring (bicyclic) bond motifs is 1. The van der Waals surface area contributed by atoms with Crippen LogP contribution in [0.5, 0.6) is 0 Å². The van der Waals surface area contributed by atoms with Crippen LogP contribution in [-0.4, -0.2) is 17.4 Å². The van der Waals surface area contributed by atoms with Crippen molar-refractivity contribution in [1.82, 2.24) is 4.98 Å². The summed E-state index contributed by atoms with van der Waals surface area (Å²) in [6, 6.07) is 15.1. The van der Waals surface area contributed by atoms with Crippen molar-refractivity contribution in [1.29, 1.82) is 5.41 Å². The molecule has 1 heterocycles. The number of nitrogens with zero attached hydrogens (tertiary/aromatic N) is 3. The molecule has 26 heavy (non-hydrogen) atoms. The average Bonchev–Trinajstić information content (AvgIpc) is 2.67. The molecule has 0 radical (unpaired) electrons. The zero-order valence-corrected chi connectivity index (χ0v) is 14.7. The number of anilines is 1. The van der Waals surface area contributed by atoms with Crippen LogP contribution in [0.2, 0.25) is 0 Å². The number of nitrogens with one attached hydrogen (secondary N) is 2. The summed E-state index contributed by atoms with van der Waals surface area (Å²) in [6.45, 7) is 3.00. The highest BCUT2D eigenvalue weighted by Crippen LogP contribution is 2.33. The van der Waals surface area contributed by atoms with Gasteiger partial charge in [0.05, 0.1) is 5.69 Å². The van der Waals surface area contributed by atoms with Crippen molar-refractivity contribution in [2.24, 2.45) is 16.0 Å². The van der Waals surface area contributed by atoms with E-state index in [2.05, 4.69) is 27.5 Å². The Morgan fingerprint density at radius 3 is 2.62 bits per heavy atom. The topological polar surface area (TPSA) is 99.5 Å². The van der Waals surface area contributed by atoms with Gasteiger partial charge in [0.2, 0.25) is 0 Å². The van der Waals surface area contributed by atoms with E-state index in [1.165, 1.54) is 0 Å². The molecule has 0 bridgehead atoms. The molecule has 1 aromatic heterocycles. The Balaban J connectivity index is 1.95. The minimum absolute atomic E-state index is 0.0363. The highest BCUT2D eigenvalue weighted by molar-refractivity contribution is 5.96. The number of nitrogen functional groups attached to an aromatic ring is 1.